The van der Waals surface area contributed by atoms with Crippen molar-refractivity contribution in [1.82, 2.24) is 14.9 Å². The second-order valence-corrected chi connectivity index (χ2v) is 4.87. The van der Waals surface area contributed by atoms with E-state index in [1.807, 2.05) is 6.20 Å². The molecule has 0 saturated heterocycles. The first-order chi connectivity index (χ1) is 9.26. The molecule has 19 heavy (non-hydrogen) atoms. The molecule has 0 fully saturated rings. The van der Waals surface area contributed by atoms with Gasteiger partial charge in [0, 0.05) is 31.0 Å². The third-order valence-electron chi connectivity index (χ3n) is 3.30. The molecule has 3 nitrogen and oxygen atoms in total. The summed E-state index contributed by atoms with van der Waals surface area (Å²) in [5.41, 5.74) is 3.84. The van der Waals surface area contributed by atoms with Gasteiger partial charge in [-0.05, 0) is 37.1 Å². The van der Waals surface area contributed by atoms with Crippen LogP contribution in [0.15, 0.2) is 30.6 Å². The van der Waals surface area contributed by atoms with Crippen molar-refractivity contribution in [2.75, 3.05) is 6.54 Å². The van der Waals surface area contributed by atoms with Crippen LogP contribution >= 0.6 is 0 Å². The highest BCUT2D eigenvalue weighted by Crippen LogP contribution is 2.23. The Morgan fingerprint density at radius 3 is 2.84 bits per heavy atom. The Labute approximate surface area is 115 Å². The summed E-state index contributed by atoms with van der Waals surface area (Å²) in [6.07, 6.45) is 5.08. The second-order valence-electron chi connectivity index (χ2n) is 4.87. The topological polar surface area (TPSA) is 29.9 Å². The van der Waals surface area contributed by atoms with Gasteiger partial charge < -0.3 is 9.88 Å². The molecule has 0 aliphatic carbocycles. The summed E-state index contributed by atoms with van der Waals surface area (Å²) >= 11 is 0. The van der Waals surface area contributed by atoms with Gasteiger partial charge in [-0.3, -0.25) is 0 Å². The molecule has 0 atom stereocenters. The van der Waals surface area contributed by atoms with Gasteiger partial charge in [-0.25, -0.2) is 4.98 Å². The first kappa shape index (κ1) is 13.8. The van der Waals surface area contributed by atoms with Gasteiger partial charge >= 0.3 is 0 Å². The fraction of sp³-hybridized carbons (Fsp3) is 0.438. The van der Waals surface area contributed by atoms with E-state index in [9.17, 15) is 0 Å². The summed E-state index contributed by atoms with van der Waals surface area (Å²) in [6, 6.07) is 6.63. The number of benzene rings is 1. The maximum absolute atomic E-state index is 4.53. The number of aryl methyl sites for hydroxylation is 2. The van der Waals surface area contributed by atoms with Crippen molar-refractivity contribution in [1.29, 1.82) is 0 Å². The van der Waals surface area contributed by atoms with Crippen LogP contribution in [0.25, 0.3) is 11.4 Å². The summed E-state index contributed by atoms with van der Waals surface area (Å²) in [5.74, 6) is 1.08. The van der Waals surface area contributed by atoms with E-state index >= 15 is 0 Å². The second kappa shape index (κ2) is 6.53. The van der Waals surface area contributed by atoms with Gasteiger partial charge in [0.25, 0.3) is 0 Å². The van der Waals surface area contributed by atoms with Crippen LogP contribution in [0.4, 0.5) is 0 Å². The summed E-state index contributed by atoms with van der Waals surface area (Å²) in [4.78, 5) is 4.53. The maximum Gasteiger partial charge on any atom is 0.140 e. The monoisotopic (exact) mass is 257 g/mol. The Bertz CT molecular complexity index is 529. The van der Waals surface area contributed by atoms with Crippen molar-refractivity contribution in [2.45, 2.75) is 40.3 Å². The van der Waals surface area contributed by atoms with Gasteiger partial charge in [-0.2, -0.15) is 0 Å². The van der Waals surface area contributed by atoms with Crippen molar-refractivity contribution in [3.8, 4) is 11.4 Å². The fourth-order valence-electron chi connectivity index (χ4n) is 2.26. The number of aromatic nitrogens is 2. The van der Waals surface area contributed by atoms with Crippen molar-refractivity contribution < 1.29 is 0 Å². The molecule has 0 spiro atoms. The smallest absolute Gasteiger partial charge is 0.140 e. The largest absolute Gasteiger partial charge is 0.331 e. The van der Waals surface area contributed by atoms with Crippen LogP contribution in [-0.4, -0.2) is 16.1 Å². The molecule has 1 aromatic carbocycles. The molecule has 0 aliphatic heterocycles. The first-order valence-electron chi connectivity index (χ1n) is 7.08. The SMILES string of the molecule is CCCn1ccnc1-c1cc(CNCC)ccc1C. The van der Waals surface area contributed by atoms with E-state index in [2.05, 4.69) is 60.0 Å². The lowest BCUT2D eigenvalue weighted by atomic mass is 10.0. The van der Waals surface area contributed by atoms with Crippen LogP contribution in [0, 0.1) is 6.92 Å². The number of imidazole rings is 1. The minimum absolute atomic E-state index is 0.915. The molecular weight excluding hydrogens is 234 g/mol. The molecule has 0 saturated carbocycles. The van der Waals surface area contributed by atoms with Crippen LogP contribution in [-0.2, 0) is 13.1 Å². The quantitative estimate of drug-likeness (QED) is 0.859. The van der Waals surface area contributed by atoms with E-state index in [-0.39, 0.29) is 0 Å². The normalized spacial score (nSPS) is 10.9. The van der Waals surface area contributed by atoms with Crippen LogP contribution < -0.4 is 5.32 Å². The zero-order valence-corrected chi connectivity index (χ0v) is 12.1. The van der Waals surface area contributed by atoms with E-state index < -0.39 is 0 Å². The molecule has 0 aliphatic rings. The standard InChI is InChI=1S/C16H23N3/c1-4-9-19-10-8-18-16(19)15-11-14(12-17-5-2)7-6-13(15)3/h6-8,10-11,17H,4-5,9,12H2,1-3H3. The van der Waals surface area contributed by atoms with Crippen molar-refractivity contribution in [2.24, 2.45) is 0 Å². The van der Waals surface area contributed by atoms with E-state index in [1.165, 1.54) is 16.7 Å². The molecule has 0 amide bonds. The molecule has 102 valence electrons. The zero-order valence-electron chi connectivity index (χ0n) is 12.1. The Hall–Kier alpha value is -1.61. The van der Waals surface area contributed by atoms with Crippen LogP contribution in [0.2, 0.25) is 0 Å². The first-order valence-corrected chi connectivity index (χ1v) is 7.08. The Kier molecular flexibility index (Phi) is 4.74. The van der Waals surface area contributed by atoms with Gasteiger partial charge in [-0.1, -0.05) is 26.0 Å². The van der Waals surface area contributed by atoms with Crippen molar-refractivity contribution in [3.63, 3.8) is 0 Å². The lowest BCUT2D eigenvalue weighted by Gasteiger charge is -2.11. The average molecular weight is 257 g/mol. The highest BCUT2D eigenvalue weighted by Gasteiger charge is 2.09. The van der Waals surface area contributed by atoms with Gasteiger partial charge in [0.1, 0.15) is 5.82 Å². The van der Waals surface area contributed by atoms with Crippen molar-refractivity contribution >= 4 is 0 Å². The average Bonchev–Trinajstić information content (AvgIpc) is 2.86. The third-order valence-corrected chi connectivity index (χ3v) is 3.30. The summed E-state index contributed by atoms with van der Waals surface area (Å²) in [7, 11) is 0. The minimum Gasteiger partial charge on any atom is -0.331 e. The molecule has 1 aromatic heterocycles. The molecule has 3 heteroatoms. The van der Waals surface area contributed by atoms with E-state index in [0.29, 0.717) is 0 Å². The lowest BCUT2D eigenvalue weighted by molar-refractivity contribution is 0.684. The third kappa shape index (κ3) is 3.24. The highest BCUT2D eigenvalue weighted by molar-refractivity contribution is 5.61. The van der Waals surface area contributed by atoms with Crippen LogP contribution in [0.1, 0.15) is 31.4 Å². The maximum atomic E-state index is 4.53. The molecule has 0 radical (unpaired) electrons. The van der Waals surface area contributed by atoms with Crippen molar-refractivity contribution in [3.05, 3.63) is 41.7 Å². The predicted octanol–water partition coefficient (Wildman–Crippen LogP) is 3.38. The van der Waals surface area contributed by atoms with Crippen LogP contribution in [0.3, 0.4) is 0 Å². The molecular formula is C16H23N3. The summed E-state index contributed by atoms with van der Waals surface area (Å²) in [5, 5.41) is 3.37. The van der Waals surface area contributed by atoms with Gasteiger partial charge in [0.05, 0.1) is 0 Å². The molecule has 0 unspecified atom stereocenters. The van der Waals surface area contributed by atoms with E-state index in [0.717, 1.165) is 31.9 Å². The van der Waals surface area contributed by atoms with Crippen LogP contribution in [0.5, 0.6) is 0 Å². The number of hydrogen-bond acceptors (Lipinski definition) is 2. The Balaban J connectivity index is 2.34. The summed E-state index contributed by atoms with van der Waals surface area (Å²) in [6.45, 7) is 9.40. The molecule has 2 rings (SSSR count). The Morgan fingerprint density at radius 2 is 2.11 bits per heavy atom. The molecule has 2 aromatic rings. The summed E-state index contributed by atoms with van der Waals surface area (Å²) < 4.78 is 2.24. The fourth-order valence-corrected chi connectivity index (χ4v) is 2.26. The minimum atomic E-state index is 0.915. The zero-order chi connectivity index (χ0) is 13.7. The number of hydrogen-bond donors (Lipinski definition) is 1. The predicted molar refractivity (Wildman–Crippen MR) is 80.1 cm³/mol. The van der Waals surface area contributed by atoms with Gasteiger partial charge in [0.15, 0.2) is 0 Å². The molecule has 0 bridgehead atoms. The number of nitrogens with one attached hydrogen (secondary N) is 1. The molecule has 1 heterocycles. The Morgan fingerprint density at radius 1 is 1.26 bits per heavy atom. The van der Waals surface area contributed by atoms with E-state index in [1.54, 1.807) is 0 Å². The molecule has 1 N–H and O–H groups in total. The number of rotatable bonds is 6. The van der Waals surface area contributed by atoms with Gasteiger partial charge in [-0.15, -0.1) is 0 Å². The number of nitrogens with zero attached hydrogens (tertiary/aromatic N) is 2. The van der Waals surface area contributed by atoms with Gasteiger partial charge in [0.2, 0.25) is 0 Å². The highest BCUT2D eigenvalue weighted by atomic mass is 15.1. The van der Waals surface area contributed by atoms with E-state index in [4.69, 9.17) is 0 Å². The lowest BCUT2D eigenvalue weighted by Crippen LogP contribution is -2.12.